The number of nitrogens with one attached hydrogen (secondary N) is 1. The Hall–Kier alpha value is -1.51. The summed E-state index contributed by atoms with van der Waals surface area (Å²) in [5.41, 5.74) is 3.62. The van der Waals surface area contributed by atoms with E-state index in [9.17, 15) is 4.79 Å². The van der Waals surface area contributed by atoms with Crippen LogP contribution in [-0.4, -0.2) is 17.6 Å². The van der Waals surface area contributed by atoms with Gasteiger partial charge in [0.25, 0.3) is 0 Å². The zero-order valence-corrected chi connectivity index (χ0v) is 10.8. The summed E-state index contributed by atoms with van der Waals surface area (Å²) in [5, 5.41) is 12.2. The molecule has 3 heteroatoms. The third-order valence-electron chi connectivity index (χ3n) is 3.01. The van der Waals surface area contributed by atoms with Crippen molar-refractivity contribution in [2.24, 2.45) is 5.92 Å². The van der Waals surface area contributed by atoms with Crippen molar-refractivity contribution in [3.05, 3.63) is 29.3 Å². The van der Waals surface area contributed by atoms with Crippen LogP contribution in [0.5, 0.6) is 0 Å². The van der Waals surface area contributed by atoms with Gasteiger partial charge in [-0.2, -0.15) is 0 Å². The van der Waals surface area contributed by atoms with Gasteiger partial charge in [-0.1, -0.05) is 39.0 Å². The van der Waals surface area contributed by atoms with Crippen LogP contribution >= 0.6 is 0 Å². The van der Waals surface area contributed by atoms with Gasteiger partial charge in [0.1, 0.15) is 0 Å². The van der Waals surface area contributed by atoms with Crippen LogP contribution in [0, 0.1) is 5.92 Å². The monoisotopic (exact) mass is 235 g/mol. The average molecular weight is 235 g/mol. The summed E-state index contributed by atoms with van der Waals surface area (Å²) in [6, 6.07) is 6.24. The predicted molar refractivity (Wildman–Crippen MR) is 70.5 cm³/mol. The summed E-state index contributed by atoms with van der Waals surface area (Å²) in [5.74, 6) is -1.13. The molecule has 1 atom stereocenters. The van der Waals surface area contributed by atoms with Gasteiger partial charge in [-0.15, -0.1) is 0 Å². The second kappa shape index (κ2) is 6.28. The lowest BCUT2D eigenvalue weighted by Crippen LogP contribution is -2.20. The van der Waals surface area contributed by atoms with E-state index in [0.717, 1.165) is 18.5 Å². The van der Waals surface area contributed by atoms with Crippen molar-refractivity contribution in [2.75, 3.05) is 11.9 Å². The fraction of sp³-hybridized carbons (Fsp3) is 0.500. The fourth-order valence-corrected chi connectivity index (χ4v) is 1.81. The van der Waals surface area contributed by atoms with Gasteiger partial charge in [-0.05, 0) is 24.0 Å². The third kappa shape index (κ3) is 3.48. The number of para-hydroxylation sites is 1. The van der Waals surface area contributed by atoms with Crippen LogP contribution in [-0.2, 0) is 17.6 Å². The van der Waals surface area contributed by atoms with E-state index in [1.807, 2.05) is 0 Å². The molecule has 3 nitrogen and oxygen atoms in total. The van der Waals surface area contributed by atoms with Crippen molar-refractivity contribution < 1.29 is 9.90 Å². The fourth-order valence-electron chi connectivity index (χ4n) is 1.81. The summed E-state index contributed by atoms with van der Waals surface area (Å²) in [6.07, 6.45) is 1.91. The van der Waals surface area contributed by atoms with E-state index in [4.69, 9.17) is 5.11 Å². The maximum Gasteiger partial charge on any atom is 0.308 e. The molecule has 0 aliphatic rings. The zero-order valence-electron chi connectivity index (χ0n) is 10.8. The highest BCUT2D eigenvalue weighted by atomic mass is 16.4. The molecule has 0 amide bonds. The molecule has 0 aliphatic heterocycles. The molecule has 17 heavy (non-hydrogen) atoms. The van der Waals surface area contributed by atoms with E-state index in [2.05, 4.69) is 37.4 Å². The number of hydrogen-bond acceptors (Lipinski definition) is 2. The van der Waals surface area contributed by atoms with Crippen LogP contribution in [0.25, 0.3) is 0 Å². The SMILES string of the molecule is CCc1cccc(CC)c1NCC(C)C(=O)O. The molecule has 1 aromatic carbocycles. The van der Waals surface area contributed by atoms with Crippen LogP contribution in [0.4, 0.5) is 5.69 Å². The number of anilines is 1. The van der Waals surface area contributed by atoms with E-state index in [-0.39, 0.29) is 5.92 Å². The molecule has 0 aromatic heterocycles. The van der Waals surface area contributed by atoms with E-state index in [0.29, 0.717) is 6.54 Å². The van der Waals surface area contributed by atoms with Gasteiger partial charge in [-0.25, -0.2) is 0 Å². The molecule has 1 aromatic rings. The van der Waals surface area contributed by atoms with Crippen molar-refractivity contribution in [1.29, 1.82) is 0 Å². The number of aliphatic carboxylic acids is 1. The van der Waals surface area contributed by atoms with Gasteiger partial charge >= 0.3 is 5.97 Å². The van der Waals surface area contributed by atoms with Gasteiger partial charge in [-0.3, -0.25) is 4.79 Å². The zero-order chi connectivity index (χ0) is 12.8. The van der Waals surface area contributed by atoms with Gasteiger partial charge in [0, 0.05) is 12.2 Å². The first-order valence-electron chi connectivity index (χ1n) is 6.17. The number of rotatable bonds is 6. The Morgan fingerprint density at radius 3 is 2.24 bits per heavy atom. The topological polar surface area (TPSA) is 49.3 Å². The Morgan fingerprint density at radius 1 is 1.29 bits per heavy atom. The standard InChI is InChI=1S/C14H21NO2/c1-4-11-7-6-8-12(5-2)13(11)15-9-10(3)14(16)17/h6-8,10,15H,4-5,9H2,1-3H3,(H,16,17). The minimum atomic E-state index is -0.760. The summed E-state index contributed by atoms with van der Waals surface area (Å²) < 4.78 is 0. The molecule has 0 saturated heterocycles. The second-order valence-electron chi connectivity index (χ2n) is 4.28. The molecular weight excluding hydrogens is 214 g/mol. The van der Waals surface area contributed by atoms with E-state index in [1.165, 1.54) is 11.1 Å². The van der Waals surface area contributed by atoms with Gasteiger partial charge in [0.2, 0.25) is 0 Å². The highest BCUT2D eigenvalue weighted by Gasteiger charge is 2.12. The third-order valence-corrected chi connectivity index (χ3v) is 3.01. The number of benzene rings is 1. The van der Waals surface area contributed by atoms with Crippen molar-refractivity contribution in [3.63, 3.8) is 0 Å². The minimum absolute atomic E-state index is 0.371. The molecule has 0 saturated carbocycles. The molecule has 1 unspecified atom stereocenters. The van der Waals surface area contributed by atoms with Crippen molar-refractivity contribution in [1.82, 2.24) is 0 Å². The van der Waals surface area contributed by atoms with E-state index >= 15 is 0 Å². The summed E-state index contributed by atoms with van der Waals surface area (Å²) in [4.78, 5) is 10.8. The highest BCUT2D eigenvalue weighted by Crippen LogP contribution is 2.22. The number of carbonyl (C=O) groups is 1. The van der Waals surface area contributed by atoms with Crippen LogP contribution in [0.3, 0.4) is 0 Å². The van der Waals surface area contributed by atoms with Crippen LogP contribution < -0.4 is 5.32 Å². The number of carboxylic acids is 1. The van der Waals surface area contributed by atoms with Gasteiger partial charge in [0.15, 0.2) is 0 Å². The Bertz CT molecular complexity index is 366. The van der Waals surface area contributed by atoms with Crippen molar-refractivity contribution in [2.45, 2.75) is 33.6 Å². The molecule has 0 fully saturated rings. The predicted octanol–water partition coefficient (Wildman–Crippen LogP) is 2.94. The molecule has 94 valence electrons. The Balaban J connectivity index is 2.84. The maximum atomic E-state index is 10.8. The lowest BCUT2D eigenvalue weighted by atomic mass is 10.0. The second-order valence-corrected chi connectivity index (χ2v) is 4.28. The Morgan fingerprint density at radius 2 is 1.82 bits per heavy atom. The van der Waals surface area contributed by atoms with Crippen LogP contribution in [0.1, 0.15) is 31.9 Å². The normalized spacial score (nSPS) is 12.2. The van der Waals surface area contributed by atoms with Crippen LogP contribution in [0.15, 0.2) is 18.2 Å². The quantitative estimate of drug-likeness (QED) is 0.797. The summed E-state index contributed by atoms with van der Waals surface area (Å²) in [7, 11) is 0. The first-order chi connectivity index (χ1) is 8.10. The first-order valence-corrected chi connectivity index (χ1v) is 6.17. The van der Waals surface area contributed by atoms with Gasteiger partial charge < -0.3 is 10.4 Å². The molecule has 0 bridgehead atoms. The number of aryl methyl sites for hydroxylation is 2. The van der Waals surface area contributed by atoms with Gasteiger partial charge in [0.05, 0.1) is 5.92 Å². The summed E-state index contributed by atoms with van der Waals surface area (Å²) in [6.45, 7) is 6.41. The average Bonchev–Trinajstić information content (AvgIpc) is 2.34. The van der Waals surface area contributed by atoms with Crippen LogP contribution in [0.2, 0.25) is 0 Å². The maximum absolute atomic E-state index is 10.8. The largest absolute Gasteiger partial charge is 0.481 e. The lowest BCUT2D eigenvalue weighted by Gasteiger charge is -2.16. The molecule has 0 aliphatic carbocycles. The Labute approximate surface area is 103 Å². The number of hydrogen-bond donors (Lipinski definition) is 2. The first kappa shape index (κ1) is 13.6. The highest BCUT2D eigenvalue weighted by molar-refractivity contribution is 5.70. The lowest BCUT2D eigenvalue weighted by molar-refractivity contribution is -0.140. The number of carboxylic acid groups (broad SMARTS) is 1. The molecule has 0 radical (unpaired) electrons. The van der Waals surface area contributed by atoms with Crippen molar-refractivity contribution >= 4 is 11.7 Å². The molecule has 0 heterocycles. The minimum Gasteiger partial charge on any atom is -0.481 e. The molecule has 1 rings (SSSR count). The molecule has 2 N–H and O–H groups in total. The van der Waals surface area contributed by atoms with E-state index < -0.39 is 5.97 Å². The molecular formula is C14H21NO2. The van der Waals surface area contributed by atoms with E-state index in [1.54, 1.807) is 6.92 Å². The van der Waals surface area contributed by atoms with Crippen molar-refractivity contribution in [3.8, 4) is 0 Å². The summed E-state index contributed by atoms with van der Waals surface area (Å²) >= 11 is 0. The molecule has 0 spiro atoms. The smallest absolute Gasteiger partial charge is 0.308 e. The Kier molecular flexibility index (Phi) is 5.01.